The lowest BCUT2D eigenvalue weighted by atomic mass is 10.2. The molecule has 0 atom stereocenters. The molecule has 1 saturated carbocycles. The highest BCUT2D eigenvalue weighted by Gasteiger charge is 2.29. The van der Waals surface area contributed by atoms with Crippen LogP contribution in [0.15, 0.2) is 41.1 Å². The fraction of sp³-hybridized carbons (Fsp3) is 0.412. The summed E-state index contributed by atoms with van der Waals surface area (Å²) in [5, 5.41) is 0. The molecule has 1 amide bonds. The van der Waals surface area contributed by atoms with Crippen LogP contribution in [0.1, 0.15) is 29.0 Å². The van der Waals surface area contributed by atoms with Crippen molar-refractivity contribution in [1.29, 1.82) is 0 Å². The number of hydrogen-bond acceptors (Lipinski definition) is 4. The van der Waals surface area contributed by atoms with E-state index in [0.717, 1.165) is 30.4 Å². The van der Waals surface area contributed by atoms with Crippen LogP contribution in [0.3, 0.4) is 0 Å². The Labute approximate surface area is 129 Å². The van der Waals surface area contributed by atoms with Crippen LogP contribution < -0.4 is 4.90 Å². The third-order valence-electron chi connectivity index (χ3n) is 4.36. The Balaban J connectivity index is 1.60. The highest BCUT2D eigenvalue weighted by Crippen LogP contribution is 2.32. The minimum Gasteiger partial charge on any atom is -0.459 e. The SMILES string of the molecule is O=C(c1ccco1)N1CCN(CC2CC2)c2ncccc2C1. The molecule has 0 saturated heterocycles. The third-order valence-corrected chi connectivity index (χ3v) is 4.36. The zero-order chi connectivity index (χ0) is 14.9. The summed E-state index contributed by atoms with van der Waals surface area (Å²) in [4.78, 5) is 21.3. The van der Waals surface area contributed by atoms with Crippen LogP contribution in [0.25, 0.3) is 0 Å². The first-order valence-corrected chi connectivity index (χ1v) is 7.83. The average molecular weight is 297 g/mol. The van der Waals surface area contributed by atoms with E-state index in [2.05, 4.69) is 16.0 Å². The summed E-state index contributed by atoms with van der Waals surface area (Å²) in [6.45, 7) is 3.16. The summed E-state index contributed by atoms with van der Waals surface area (Å²) < 4.78 is 5.26. The van der Waals surface area contributed by atoms with Crippen LogP contribution in [-0.4, -0.2) is 35.4 Å². The van der Waals surface area contributed by atoms with Crippen LogP contribution in [0.2, 0.25) is 0 Å². The molecular formula is C17H19N3O2. The van der Waals surface area contributed by atoms with Gasteiger partial charge >= 0.3 is 0 Å². The van der Waals surface area contributed by atoms with Crippen LogP contribution in [0, 0.1) is 5.92 Å². The molecule has 5 nitrogen and oxygen atoms in total. The van der Waals surface area contributed by atoms with E-state index in [1.54, 1.807) is 18.4 Å². The molecule has 114 valence electrons. The second-order valence-corrected chi connectivity index (χ2v) is 6.08. The molecule has 2 aliphatic rings. The predicted molar refractivity (Wildman–Crippen MR) is 82.6 cm³/mol. The predicted octanol–water partition coefficient (Wildman–Crippen LogP) is 2.55. The Bertz CT molecular complexity index is 664. The van der Waals surface area contributed by atoms with Crippen LogP contribution in [0.4, 0.5) is 5.82 Å². The molecule has 0 unspecified atom stereocenters. The first-order valence-electron chi connectivity index (χ1n) is 7.83. The standard InChI is InChI=1S/C17H19N3O2/c21-17(15-4-2-10-22-15)20-9-8-19(11-13-5-6-13)16-14(12-20)3-1-7-18-16/h1-4,7,10,13H,5-6,8-9,11-12H2. The molecule has 5 heteroatoms. The van der Waals surface area contributed by atoms with Crippen molar-refractivity contribution in [3.63, 3.8) is 0 Å². The fourth-order valence-corrected chi connectivity index (χ4v) is 2.99. The van der Waals surface area contributed by atoms with Crippen molar-refractivity contribution in [3.05, 3.63) is 48.0 Å². The van der Waals surface area contributed by atoms with Gasteiger partial charge in [-0.1, -0.05) is 6.07 Å². The van der Waals surface area contributed by atoms with Gasteiger partial charge in [0, 0.05) is 37.9 Å². The van der Waals surface area contributed by atoms with Gasteiger partial charge in [0.15, 0.2) is 5.76 Å². The normalized spacial score (nSPS) is 18.0. The molecule has 0 bridgehead atoms. The number of carbonyl (C=O) groups is 1. The summed E-state index contributed by atoms with van der Waals surface area (Å²) >= 11 is 0. The van der Waals surface area contributed by atoms with E-state index in [9.17, 15) is 4.79 Å². The summed E-state index contributed by atoms with van der Waals surface area (Å²) in [6.07, 6.45) is 6.00. The average Bonchev–Trinajstić information content (AvgIpc) is 3.24. The number of aromatic nitrogens is 1. The van der Waals surface area contributed by atoms with Crippen molar-refractivity contribution >= 4 is 11.7 Å². The first kappa shape index (κ1) is 13.4. The van der Waals surface area contributed by atoms with Crippen molar-refractivity contribution in [2.45, 2.75) is 19.4 Å². The lowest BCUT2D eigenvalue weighted by Crippen LogP contribution is -2.36. The molecule has 4 rings (SSSR count). The number of nitrogens with zero attached hydrogens (tertiary/aromatic N) is 3. The number of fused-ring (bicyclic) bond motifs is 1. The van der Waals surface area contributed by atoms with Crippen LogP contribution in [0.5, 0.6) is 0 Å². The van der Waals surface area contributed by atoms with Gasteiger partial charge in [-0.2, -0.15) is 0 Å². The van der Waals surface area contributed by atoms with Crippen LogP contribution >= 0.6 is 0 Å². The molecule has 2 aromatic rings. The molecule has 22 heavy (non-hydrogen) atoms. The van der Waals surface area contributed by atoms with Crippen molar-refractivity contribution in [1.82, 2.24) is 9.88 Å². The van der Waals surface area contributed by atoms with E-state index in [0.29, 0.717) is 18.8 Å². The number of pyridine rings is 1. The fourth-order valence-electron chi connectivity index (χ4n) is 2.99. The second-order valence-electron chi connectivity index (χ2n) is 6.08. The summed E-state index contributed by atoms with van der Waals surface area (Å²) in [6, 6.07) is 7.48. The van der Waals surface area contributed by atoms with Crippen molar-refractivity contribution in [2.75, 3.05) is 24.5 Å². The van der Waals surface area contributed by atoms with E-state index >= 15 is 0 Å². The lowest BCUT2D eigenvalue weighted by Gasteiger charge is -2.23. The minimum atomic E-state index is -0.0481. The molecule has 0 spiro atoms. The van der Waals surface area contributed by atoms with Gasteiger partial charge in [0.2, 0.25) is 0 Å². The van der Waals surface area contributed by atoms with E-state index in [4.69, 9.17) is 4.42 Å². The highest BCUT2D eigenvalue weighted by atomic mass is 16.3. The summed E-state index contributed by atoms with van der Waals surface area (Å²) in [5.41, 5.74) is 1.11. The Morgan fingerprint density at radius 2 is 2.18 bits per heavy atom. The maximum Gasteiger partial charge on any atom is 0.289 e. The van der Waals surface area contributed by atoms with Gasteiger partial charge in [0.25, 0.3) is 5.91 Å². The molecule has 0 aromatic carbocycles. The van der Waals surface area contributed by atoms with E-state index in [1.807, 2.05) is 17.2 Å². The molecular weight excluding hydrogens is 278 g/mol. The number of amides is 1. The molecule has 1 aliphatic heterocycles. The van der Waals surface area contributed by atoms with Gasteiger partial charge in [-0.25, -0.2) is 4.98 Å². The van der Waals surface area contributed by atoms with E-state index in [-0.39, 0.29) is 5.91 Å². The molecule has 1 aliphatic carbocycles. The summed E-state index contributed by atoms with van der Waals surface area (Å²) in [5.74, 6) is 2.18. The quantitative estimate of drug-likeness (QED) is 0.873. The first-order chi connectivity index (χ1) is 10.8. The number of hydrogen-bond donors (Lipinski definition) is 0. The maximum absolute atomic E-state index is 12.6. The van der Waals surface area contributed by atoms with E-state index in [1.165, 1.54) is 12.8 Å². The van der Waals surface area contributed by atoms with Gasteiger partial charge in [0.05, 0.1) is 6.26 Å². The van der Waals surface area contributed by atoms with Gasteiger partial charge in [-0.05, 0) is 37.0 Å². The van der Waals surface area contributed by atoms with Gasteiger partial charge in [0.1, 0.15) is 5.82 Å². The monoisotopic (exact) mass is 297 g/mol. The number of carbonyl (C=O) groups excluding carboxylic acids is 1. The Morgan fingerprint density at radius 3 is 2.95 bits per heavy atom. The Kier molecular flexibility index (Phi) is 3.33. The minimum absolute atomic E-state index is 0.0481. The molecule has 2 aromatic heterocycles. The topological polar surface area (TPSA) is 49.6 Å². The van der Waals surface area contributed by atoms with Gasteiger partial charge in [-0.3, -0.25) is 4.79 Å². The van der Waals surface area contributed by atoms with Crippen LogP contribution in [-0.2, 0) is 6.54 Å². The largest absolute Gasteiger partial charge is 0.459 e. The number of furan rings is 1. The zero-order valence-corrected chi connectivity index (χ0v) is 12.4. The van der Waals surface area contributed by atoms with Crippen molar-refractivity contribution in [2.24, 2.45) is 5.92 Å². The molecule has 3 heterocycles. The van der Waals surface area contributed by atoms with Crippen molar-refractivity contribution < 1.29 is 9.21 Å². The van der Waals surface area contributed by atoms with Crippen molar-refractivity contribution in [3.8, 4) is 0 Å². The lowest BCUT2D eigenvalue weighted by molar-refractivity contribution is 0.0719. The van der Waals surface area contributed by atoms with Gasteiger partial charge in [-0.15, -0.1) is 0 Å². The highest BCUT2D eigenvalue weighted by molar-refractivity contribution is 5.91. The number of anilines is 1. The second kappa shape index (κ2) is 5.48. The molecule has 1 fully saturated rings. The number of rotatable bonds is 3. The van der Waals surface area contributed by atoms with Gasteiger partial charge < -0.3 is 14.2 Å². The molecule has 0 radical (unpaired) electrons. The summed E-state index contributed by atoms with van der Waals surface area (Å²) in [7, 11) is 0. The zero-order valence-electron chi connectivity index (χ0n) is 12.4. The Morgan fingerprint density at radius 1 is 1.27 bits per heavy atom. The Hall–Kier alpha value is -2.30. The third kappa shape index (κ3) is 2.58. The van der Waals surface area contributed by atoms with E-state index < -0.39 is 0 Å². The smallest absolute Gasteiger partial charge is 0.289 e. The maximum atomic E-state index is 12.6. The molecule has 0 N–H and O–H groups in total.